The molecule has 0 rings (SSSR count). The molecule has 1 heteroatoms. The van der Waals surface area contributed by atoms with Gasteiger partial charge in [-0.3, -0.25) is 4.79 Å². The van der Waals surface area contributed by atoms with E-state index in [4.69, 9.17) is 0 Å². The van der Waals surface area contributed by atoms with Crippen molar-refractivity contribution in [2.45, 2.75) is 45.4 Å². The molecule has 0 aliphatic rings. The molecule has 0 aromatic heterocycles. The standard InChI is InChI=1S/C12H20O/c1-2-3-4-5-6-7-8-9-10-11-12-13/h6-7,10-12H,2-5,8-9H2,1H3/b7-6-,11-10-. The Balaban J connectivity index is 3.12. The molecule has 1 nitrogen and oxygen atoms in total. The van der Waals surface area contributed by atoms with E-state index in [2.05, 4.69) is 19.1 Å². The van der Waals surface area contributed by atoms with Crippen LogP contribution in [0.15, 0.2) is 24.3 Å². The second kappa shape index (κ2) is 11.2. The Kier molecular flexibility index (Phi) is 10.4. The molecule has 13 heavy (non-hydrogen) atoms. The minimum absolute atomic E-state index is 0.824. The molecule has 0 unspecified atom stereocenters. The van der Waals surface area contributed by atoms with Gasteiger partial charge in [-0.15, -0.1) is 0 Å². The highest BCUT2D eigenvalue weighted by Gasteiger charge is 1.81. The number of unbranched alkanes of at least 4 members (excludes halogenated alkanes) is 4. The third kappa shape index (κ3) is 11.1. The molecule has 0 aliphatic carbocycles. The average molecular weight is 180 g/mol. The third-order valence-electron chi connectivity index (χ3n) is 1.86. The van der Waals surface area contributed by atoms with E-state index in [1.165, 1.54) is 25.7 Å². The lowest BCUT2D eigenvalue weighted by Crippen LogP contribution is -1.71. The Morgan fingerprint density at radius 3 is 2.31 bits per heavy atom. The molecule has 0 spiro atoms. The average Bonchev–Trinajstić information content (AvgIpc) is 2.16. The van der Waals surface area contributed by atoms with Crippen molar-refractivity contribution in [3.63, 3.8) is 0 Å². The Morgan fingerprint density at radius 2 is 1.62 bits per heavy atom. The molecule has 0 amide bonds. The van der Waals surface area contributed by atoms with Crippen LogP contribution in [0.1, 0.15) is 45.4 Å². The van der Waals surface area contributed by atoms with Crippen LogP contribution in [0.5, 0.6) is 0 Å². The van der Waals surface area contributed by atoms with Crippen molar-refractivity contribution < 1.29 is 4.79 Å². The van der Waals surface area contributed by atoms with E-state index in [0.29, 0.717) is 0 Å². The fraction of sp³-hybridized carbons (Fsp3) is 0.583. The predicted molar refractivity (Wildman–Crippen MR) is 57.7 cm³/mol. The van der Waals surface area contributed by atoms with Gasteiger partial charge < -0.3 is 0 Å². The lowest BCUT2D eigenvalue weighted by Gasteiger charge is -1.91. The second-order valence-electron chi connectivity index (χ2n) is 3.11. The third-order valence-corrected chi connectivity index (χ3v) is 1.86. The quantitative estimate of drug-likeness (QED) is 0.241. The summed E-state index contributed by atoms with van der Waals surface area (Å²) in [6, 6.07) is 0. The van der Waals surface area contributed by atoms with E-state index in [-0.39, 0.29) is 0 Å². The largest absolute Gasteiger partial charge is 0.299 e. The van der Waals surface area contributed by atoms with Crippen molar-refractivity contribution in [2.24, 2.45) is 0 Å². The first-order valence-corrected chi connectivity index (χ1v) is 5.17. The summed E-state index contributed by atoms with van der Waals surface area (Å²) in [6.45, 7) is 2.22. The molecule has 0 N–H and O–H groups in total. The van der Waals surface area contributed by atoms with Crippen molar-refractivity contribution in [2.75, 3.05) is 0 Å². The van der Waals surface area contributed by atoms with Gasteiger partial charge >= 0.3 is 0 Å². The van der Waals surface area contributed by atoms with Gasteiger partial charge in [0.1, 0.15) is 6.29 Å². The summed E-state index contributed by atoms with van der Waals surface area (Å²) in [5, 5.41) is 0. The second-order valence-corrected chi connectivity index (χ2v) is 3.11. The summed E-state index contributed by atoms with van der Waals surface area (Å²) in [5.74, 6) is 0. The van der Waals surface area contributed by atoms with Crippen LogP contribution in [-0.2, 0) is 4.79 Å². The molecule has 0 saturated carbocycles. The number of hydrogen-bond acceptors (Lipinski definition) is 1. The zero-order valence-corrected chi connectivity index (χ0v) is 8.54. The molecule has 0 radical (unpaired) electrons. The van der Waals surface area contributed by atoms with Crippen molar-refractivity contribution in [1.29, 1.82) is 0 Å². The first kappa shape index (κ1) is 12.2. The van der Waals surface area contributed by atoms with Gasteiger partial charge in [0.2, 0.25) is 0 Å². The Hall–Kier alpha value is -0.850. The van der Waals surface area contributed by atoms with Crippen LogP contribution in [-0.4, -0.2) is 6.29 Å². The summed E-state index contributed by atoms with van der Waals surface area (Å²) in [5.41, 5.74) is 0. The van der Waals surface area contributed by atoms with Gasteiger partial charge in [-0.2, -0.15) is 0 Å². The number of rotatable bonds is 8. The maximum Gasteiger partial charge on any atom is 0.142 e. The molecule has 0 bridgehead atoms. The number of hydrogen-bond donors (Lipinski definition) is 0. The van der Waals surface area contributed by atoms with Crippen LogP contribution in [0.3, 0.4) is 0 Å². The zero-order chi connectivity index (χ0) is 9.78. The summed E-state index contributed by atoms with van der Waals surface area (Å²) in [7, 11) is 0. The molecule has 0 heterocycles. The highest BCUT2D eigenvalue weighted by molar-refractivity contribution is 5.64. The molecular weight excluding hydrogens is 160 g/mol. The fourth-order valence-corrected chi connectivity index (χ4v) is 1.09. The van der Waals surface area contributed by atoms with Gasteiger partial charge in [0.25, 0.3) is 0 Å². The topological polar surface area (TPSA) is 17.1 Å². The summed E-state index contributed by atoms with van der Waals surface area (Å²) >= 11 is 0. The van der Waals surface area contributed by atoms with Gasteiger partial charge in [-0.25, -0.2) is 0 Å². The van der Waals surface area contributed by atoms with Gasteiger partial charge in [0.05, 0.1) is 0 Å². The van der Waals surface area contributed by atoms with Gasteiger partial charge in [-0.05, 0) is 31.8 Å². The molecule has 74 valence electrons. The summed E-state index contributed by atoms with van der Waals surface area (Å²) < 4.78 is 0. The van der Waals surface area contributed by atoms with Crippen LogP contribution in [0.25, 0.3) is 0 Å². The lowest BCUT2D eigenvalue weighted by atomic mass is 10.2. The molecule has 0 fully saturated rings. The highest BCUT2D eigenvalue weighted by atomic mass is 16.1. The fourth-order valence-electron chi connectivity index (χ4n) is 1.09. The minimum atomic E-state index is 0.824. The number of allylic oxidation sites excluding steroid dienone is 4. The highest BCUT2D eigenvalue weighted by Crippen LogP contribution is 2.01. The van der Waals surface area contributed by atoms with Crippen molar-refractivity contribution in [3.8, 4) is 0 Å². The maximum atomic E-state index is 9.91. The number of carbonyl (C=O) groups excluding carboxylic acids is 1. The molecule has 0 aromatic carbocycles. The van der Waals surface area contributed by atoms with Crippen molar-refractivity contribution in [1.82, 2.24) is 0 Å². The van der Waals surface area contributed by atoms with E-state index < -0.39 is 0 Å². The Bertz CT molecular complexity index is 157. The summed E-state index contributed by atoms with van der Waals surface area (Å²) in [4.78, 5) is 9.91. The maximum absolute atomic E-state index is 9.91. The smallest absolute Gasteiger partial charge is 0.142 e. The number of carbonyl (C=O) groups is 1. The van der Waals surface area contributed by atoms with Crippen LogP contribution >= 0.6 is 0 Å². The van der Waals surface area contributed by atoms with Gasteiger partial charge in [0.15, 0.2) is 0 Å². The van der Waals surface area contributed by atoms with E-state index in [1.807, 2.05) is 6.08 Å². The van der Waals surface area contributed by atoms with Gasteiger partial charge in [-0.1, -0.05) is 38.0 Å². The Labute approximate surface area is 81.5 Å². The SMILES string of the molecule is CCCCC/C=C\CC/C=C\C=O. The van der Waals surface area contributed by atoms with Crippen LogP contribution < -0.4 is 0 Å². The summed E-state index contributed by atoms with van der Waals surface area (Å²) in [6.07, 6.45) is 15.9. The first-order valence-electron chi connectivity index (χ1n) is 5.17. The molecule has 0 aliphatic heterocycles. The lowest BCUT2D eigenvalue weighted by molar-refractivity contribution is -0.104. The van der Waals surface area contributed by atoms with E-state index in [9.17, 15) is 4.79 Å². The monoisotopic (exact) mass is 180 g/mol. The van der Waals surface area contributed by atoms with Gasteiger partial charge in [0, 0.05) is 0 Å². The Morgan fingerprint density at radius 1 is 0.923 bits per heavy atom. The van der Waals surface area contributed by atoms with E-state index in [0.717, 1.165) is 19.1 Å². The molecule has 0 saturated heterocycles. The van der Waals surface area contributed by atoms with Crippen LogP contribution in [0.4, 0.5) is 0 Å². The first-order chi connectivity index (χ1) is 6.41. The predicted octanol–water partition coefficient (Wildman–Crippen LogP) is 3.66. The van der Waals surface area contributed by atoms with E-state index in [1.54, 1.807) is 6.08 Å². The van der Waals surface area contributed by atoms with Crippen molar-refractivity contribution in [3.05, 3.63) is 24.3 Å². The van der Waals surface area contributed by atoms with Crippen LogP contribution in [0, 0.1) is 0 Å². The minimum Gasteiger partial charge on any atom is -0.299 e. The number of aldehydes is 1. The zero-order valence-electron chi connectivity index (χ0n) is 8.54. The van der Waals surface area contributed by atoms with Crippen molar-refractivity contribution >= 4 is 6.29 Å². The molecule has 0 aromatic rings. The van der Waals surface area contributed by atoms with Crippen LogP contribution in [0.2, 0.25) is 0 Å². The normalized spacial score (nSPS) is 11.5. The molecule has 0 atom stereocenters. The van der Waals surface area contributed by atoms with E-state index >= 15 is 0 Å². The molecular formula is C12H20O.